The Bertz CT molecular complexity index is 620. The molecule has 0 radical (unpaired) electrons. The number of hydrogen-bond acceptors (Lipinski definition) is 3. The van der Waals surface area contributed by atoms with Crippen molar-refractivity contribution in [3.05, 3.63) is 46.5 Å². The molecule has 0 saturated carbocycles. The van der Waals surface area contributed by atoms with Gasteiger partial charge in [0, 0.05) is 10.3 Å². The summed E-state index contributed by atoms with van der Waals surface area (Å²) in [5.74, 6) is -0.0654. The van der Waals surface area contributed by atoms with Gasteiger partial charge in [-0.05, 0) is 0 Å². The van der Waals surface area contributed by atoms with E-state index in [1.54, 1.807) is 51.1 Å². The molecule has 118 valence electrons. The molecule has 0 aromatic heterocycles. The van der Waals surface area contributed by atoms with Crippen LogP contribution in [-0.2, 0) is 0 Å². The minimum absolute atomic E-state index is 0.0654. The Morgan fingerprint density at radius 2 is 1.73 bits per heavy atom. The van der Waals surface area contributed by atoms with Gasteiger partial charge in [0.1, 0.15) is 16.9 Å². The fraction of sp³-hybridized carbons (Fsp3) is 0.333. The maximum atomic E-state index is 13.0. The molecule has 3 nitrogen and oxygen atoms in total. The van der Waals surface area contributed by atoms with Crippen LogP contribution in [0.4, 0.5) is 13.2 Å². The van der Waals surface area contributed by atoms with Crippen molar-refractivity contribution < 1.29 is 13.2 Å². The lowest BCUT2D eigenvalue weighted by Gasteiger charge is -2.19. The third kappa shape index (κ3) is 5.45. The Labute approximate surface area is 131 Å². The number of alkyl halides is 3. The summed E-state index contributed by atoms with van der Waals surface area (Å²) in [6.45, 7) is 5.20. The van der Waals surface area contributed by atoms with Crippen LogP contribution in [0.15, 0.2) is 45.9 Å². The Hall–Kier alpha value is -1.94. The summed E-state index contributed by atoms with van der Waals surface area (Å²) in [7, 11) is 0. The Morgan fingerprint density at radius 3 is 2.14 bits per heavy atom. The van der Waals surface area contributed by atoms with Crippen molar-refractivity contribution in [1.29, 1.82) is 5.26 Å². The lowest BCUT2D eigenvalue weighted by molar-refractivity contribution is -0.0877. The third-order valence-corrected chi connectivity index (χ3v) is 3.40. The number of thioether (sulfide) groups is 1. The predicted octanol–water partition coefficient (Wildman–Crippen LogP) is 4.22. The molecule has 0 saturated heterocycles. The first-order valence-corrected chi connectivity index (χ1v) is 7.16. The summed E-state index contributed by atoms with van der Waals surface area (Å²) in [6.07, 6.45) is -4.77. The van der Waals surface area contributed by atoms with Gasteiger partial charge in [0.25, 0.3) is 0 Å². The SMILES string of the molecule is CC(C)(C)SC(/N=C(\N)c1ccccc1)=C(/C#N)C(F)(F)F. The van der Waals surface area contributed by atoms with Gasteiger partial charge in [0.2, 0.25) is 0 Å². The molecule has 0 spiro atoms. The molecular weight excluding hydrogens is 311 g/mol. The molecule has 0 heterocycles. The highest BCUT2D eigenvalue weighted by atomic mass is 32.2. The fourth-order valence-corrected chi connectivity index (χ4v) is 2.42. The number of nitrogens with zero attached hydrogens (tertiary/aromatic N) is 2. The predicted molar refractivity (Wildman–Crippen MR) is 83.2 cm³/mol. The zero-order valence-corrected chi connectivity index (χ0v) is 13.2. The molecule has 0 bridgehead atoms. The van der Waals surface area contributed by atoms with Crippen LogP contribution >= 0.6 is 11.8 Å². The molecule has 0 amide bonds. The molecular formula is C15H16F3N3S. The molecule has 0 aliphatic carbocycles. The second-order valence-electron chi connectivity index (χ2n) is 5.37. The van der Waals surface area contributed by atoms with Gasteiger partial charge in [0.15, 0.2) is 5.57 Å². The van der Waals surface area contributed by atoms with Crippen LogP contribution in [0, 0.1) is 11.3 Å². The Morgan fingerprint density at radius 1 is 1.18 bits per heavy atom. The monoisotopic (exact) mass is 327 g/mol. The van der Waals surface area contributed by atoms with Gasteiger partial charge in [-0.1, -0.05) is 62.9 Å². The number of halogens is 3. The van der Waals surface area contributed by atoms with Gasteiger partial charge in [-0.2, -0.15) is 18.4 Å². The van der Waals surface area contributed by atoms with Gasteiger partial charge in [0.05, 0.1) is 0 Å². The van der Waals surface area contributed by atoms with E-state index in [-0.39, 0.29) is 5.84 Å². The van der Waals surface area contributed by atoms with Crippen molar-refractivity contribution in [3.8, 4) is 6.07 Å². The Balaban J connectivity index is 3.40. The molecule has 0 fully saturated rings. The highest BCUT2D eigenvalue weighted by Gasteiger charge is 2.38. The molecule has 2 N–H and O–H groups in total. The molecule has 7 heteroatoms. The minimum atomic E-state index is -4.77. The van der Waals surface area contributed by atoms with Gasteiger partial charge in [-0.3, -0.25) is 0 Å². The van der Waals surface area contributed by atoms with Crippen molar-refractivity contribution in [2.45, 2.75) is 31.7 Å². The number of amidine groups is 1. The number of rotatable bonds is 3. The number of nitriles is 1. The van der Waals surface area contributed by atoms with E-state index in [1.807, 2.05) is 0 Å². The van der Waals surface area contributed by atoms with Crippen LogP contribution in [-0.4, -0.2) is 16.8 Å². The van der Waals surface area contributed by atoms with Crippen molar-refractivity contribution in [2.24, 2.45) is 10.7 Å². The van der Waals surface area contributed by atoms with Crippen LogP contribution in [0.25, 0.3) is 0 Å². The summed E-state index contributed by atoms with van der Waals surface area (Å²) in [6, 6.07) is 9.63. The second kappa shape index (κ2) is 6.88. The van der Waals surface area contributed by atoms with E-state index in [0.29, 0.717) is 5.56 Å². The average molecular weight is 327 g/mol. The lowest BCUT2D eigenvalue weighted by Crippen LogP contribution is -2.18. The number of nitrogens with two attached hydrogens (primary N) is 1. The number of allylic oxidation sites excluding steroid dienone is 1. The highest BCUT2D eigenvalue weighted by Crippen LogP contribution is 2.39. The van der Waals surface area contributed by atoms with Gasteiger partial charge in [-0.25, -0.2) is 4.99 Å². The number of benzene rings is 1. The largest absolute Gasteiger partial charge is 0.428 e. The first kappa shape index (κ1) is 18.1. The molecule has 22 heavy (non-hydrogen) atoms. The van der Waals surface area contributed by atoms with Gasteiger partial charge < -0.3 is 5.73 Å². The smallest absolute Gasteiger partial charge is 0.383 e. The summed E-state index contributed by atoms with van der Waals surface area (Å²) >= 11 is 0.854. The number of aliphatic imine (C=N–C) groups is 1. The maximum absolute atomic E-state index is 13.0. The van der Waals surface area contributed by atoms with Crippen molar-refractivity contribution in [1.82, 2.24) is 0 Å². The molecule has 1 rings (SSSR count). The first-order chi connectivity index (χ1) is 10.0. The van der Waals surface area contributed by atoms with E-state index in [1.165, 1.54) is 6.07 Å². The number of hydrogen-bond donors (Lipinski definition) is 1. The van der Waals surface area contributed by atoms with E-state index >= 15 is 0 Å². The first-order valence-electron chi connectivity index (χ1n) is 6.35. The third-order valence-electron chi connectivity index (χ3n) is 2.30. The normalized spacial score (nSPS) is 14.3. The zero-order chi connectivity index (χ0) is 17.0. The second-order valence-corrected chi connectivity index (χ2v) is 7.18. The summed E-state index contributed by atoms with van der Waals surface area (Å²) < 4.78 is 38.4. The summed E-state index contributed by atoms with van der Waals surface area (Å²) in [5.41, 5.74) is 4.93. The summed E-state index contributed by atoms with van der Waals surface area (Å²) in [5, 5.41) is 8.43. The molecule has 0 aliphatic rings. The summed E-state index contributed by atoms with van der Waals surface area (Å²) in [4.78, 5) is 3.86. The van der Waals surface area contributed by atoms with E-state index in [0.717, 1.165) is 11.8 Å². The van der Waals surface area contributed by atoms with Crippen LogP contribution in [0.5, 0.6) is 0 Å². The van der Waals surface area contributed by atoms with E-state index in [2.05, 4.69) is 4.99 Å². The van der Waals surface area contributed by atoms with Gasteiger partial charge >= 0.3 is 6.18 Å². The van der Waals surface area contributed by atoms with Crippen molar-refractivity contribution in [2.75, 3.05) is 0 Å². The van der Waals surface area contributed by atoms with E-state index in [9.17, 15) is 13.2 Å². The van der Waals surface area contributed by atoms with Crippen molar-refractivity contribution in [3.63, 3.8) is 0 Å². The van der Waals surface area contributed by atoms with Crippen LogP contribution in [0.2, 0.25) is 0 Å². The average Bonchev–Trinajstić information content (AvgIpc) is 2.36. The van der Waals surface area contributed by atoms with Crippen LogP contribution < -0.4 is 5.73 Å². The fourth-order valence-electron chi connectivity index (χ4n) is 1.44. The molecule has 1 aromatic carbocycles. The standard InChI is InChI=1S/C15H16F3N3S/c1-14(2,3)22-13(11(9-19)15(16,17)18)21-12(20)10-7-5-4-6-8-10/h4-8H,1-3H3,(H2,20,21)/b13-11-. The highest BCUT2D eigenvalue weighted by molar-refractivity contribution is 8.04. The van der Waals surface area contributed by atoms with Crippen molar-refractivity contribution >= 4 is 17.6 Å². The quantitative estimate of drug-likeness (QED) is 0.513. The molecule has 0 aliphatic heterocycles. The molecule has 0 atom stereocenters. The lowest BCUT2D eigenvalue weighted by atomic mass is 10.2. The Kier molecular flexibility index (Phi) is 5.66. The van der Waals surface area contributed by atoms with Gasteiger partial charge in [-0.15, -0.1) is 0 Å². The topological polar surface area (TPSA) is 62.2 Å². The maximum Gasteiger partial charge on any atom is 0.428 e. The molecule has 0 unspecified atom stereocenters. The van der Waals surface area contributed by atoms with E-state index < -0.39 is 21.5 Å². The minimum Gasteiger partial charge on any atom is -0.383 e. The molecule has 1 aromatic rings. The van der Waals surface area contributed by atoms with Crippen LogP contribution in [0.1, 0.15) is 26.3 Å². The zero-order valence-electron chi connectivity index (χ0n) is 12.4. The van der Waals surface area contributed by atoms with E-state index in [4.69, 9.17) is 11.0 Å². The van der Waals surface area contributed by atoms with Crippen LogP contribution in [0.3, 0.4) is 0 Å².